The monoisotopic (exact) mass is 548 g/mol. The zero-order valence-electron chi connectivity index (χ0n) is 20.7. The number of nitro benzene ring substituents is 1. The summed E-state index contributed by atoms with van der Waals surface area (Å²) in [5.74, 6) is -2.30. The molecule has 12 heteroatoms. The summed E-state index contributed by atoms with van der Waals surface area (Å²) in [5.41, 5.74) is 1.97. The van der Waals surface area contributed by atoms with Crippen molar-refractivity contribution in [1.82, 2.24) is 5.32 Å². The number of nitro groups is 1. The number of non-ortho nitro benzene ring substituents is 1. The third-order valence-electron chi connectivity index (χ3n) is 5.82. The van der Waals surface area contributed by atoms with Crippen molar-refractivity contribution in [1.29, 1.82) is 0 Å². The SMILES string of the molecule is Cc1ccc(NC(=O)COc2ccc(Cl)cc2/C=C2/C(=O)NC(=O)N(c3cccc([N+](=O)[O-])c3)C2=O)cc1C. The van der Waals surface area contributed by atoms with Crippen LogP contribution in [0.3, 0.4) is 0 Å². The average molecular weight is 549 g/mol. The van der Waals surface area contributed by atoms with Crippen LogP contribution in [0.5, 0.6) is 5.75 Å². The molecule has 2 N–H and O–H groups in total. The molecule has 0 atom stereocenters. The zero-order chi connectivity index (χ0) is 28.3. The van der Waals surface area contributed by atoms with E-state index in [9.17, 15) is 29.3 Å². The van der Waals surface area contributed by atoms with Crippen molar-refractivity contribution in [2.24, 2.45) is 0 Å². The molecule has 0 saturated carbocycles. The molecule has 3 aromatic rings. The van der Waals surface area contributed by atoms with Crippen LogP contribution in [0, 0.1) is 24.0 Å². The van der Waals surface area contributed by atoms with Crippen molar-refractivity contribution in [3.8, 4) is 5.75 Å². The van der Waals surface area contributed by atoms with Crippen LogP contribution in [0.15, 0.2) is 66.2 Å². The Morgan fingerprint density at radius 3 is 2.56 bits per heavy atom. The molecule has 0 aliphatic carbocycles. The topological polar surface area (TPSA) is 148 Å². The van der Waals surface area contributed by atoms with Gasteiger partial charge in [-0.3, -0.25) is 29.8 Å². The number of amides is 5. The summed E-state index contributed by atoms with van der Waals surface area (Å²) in [5, 5.41) is 16.2. The number of rotatable bonds is 7. The van der Waals surface area contributed by atoms with E-state index in [1.165, 1.54) is 36.4 Å². The van der Waals surface area contributed by atoms with Gasteiger partial charge in [0, 0.05) is 28.4 Å². The Hall–Kier alpha value is -5.03. The lowest BCUT2D eigenvalue weighted by Gasteiger charge is -2.26. The molecule has 0 radical (unpaired) electrons. The number of carbonyl (C=O) groups excluding carboxylic acids is 4. The molecule has 198 valence electrons. The molecule has 1 heterocycles. The zero-order valence-corrected chi connectivity index (χ0v) is 21.4. The number of nitrogens with zero attached hydrogens (tertiary/aromatic N) is 2. The van der Waals surface area contributed by atoms with Crippen LogP contribution in [0.4, 0.5) is 21.9 Å². The van der Waals surface area contributed by atoms with Crippen LogP contribution in [-0.4, -0.2) is 35.3 Å². The van der Waals surface area contributed by atoms with Gasteiger partial charge in [0.1, 0.15) is 11.3 Å². The van der Waals surface area contributed by atoms with Gasteiger partial charge >= 0.3 is 6.03 Å². The van der Waals surface area contributed by atoms with Crippen LogP contribution < -0.4 is 20.3 Å². The molecule has 1 fully saturated rings. The highest BCUT2D eigenvalue weighted by molar-refractivity contribution is 6.39. The van der Waals surface area contributed by atoms with Gasteiger partial charge in [-0.2, -0.15) is 0 Å². The lowest BCUT2D eigenvalue weighted by molar-refractivity contribution is -0.384. The van der Waals surface area contributed by atoms with Gasteiger partial charge in [-0.05, 0) is 67.4 Å². The van der Waals surface area contributed by atoms with Gasteiger partial charge in [0.05, 0.1) is 10.6 Å². The minimum absolute atomic E-state index is 0.101. The van der Waals surface area contributed by atoms with E-state index in [0.717, 1.165) is 23.3 Å². The summed E-state index contributed by atoms with van der Waals surface area (Å²) >= 11 is 6.12. The second-order valence-electron chi connectivity index (χ2n) is 8.55. The smallest absolute Gasteiger partial charge is 0.335 e. The van der Waals surface area contributed by atoms with Gasteiger partial charge in [-0.1, -0.05) is 23.7 Å². The van der Waals surface area contributed by atoms with Gasteiger partial charge in [0.2, 0.25) is 0 Å². The van der Waals surface area contributed by atoms with Crippen molar-refractivity contribution in [2.75, 3.05) is 16.8 Å². The number of hydrogen-bond donors (Lipinski definition) is 2. The lowest BCUT2D eigenvalue weighted by atomic mass is 10.1. The van der Waals surface area contributed by atoms with Crippen LogP contribution in [0.2, 0.25) is 5.02 Å². The van der Waals surface area contributed by atoms with Crippen molar-refractivity contribution < 1.29 is 28.8 Å². The summed E-state index contributed by atoms with van der Waals surface area (Å²) in [6.07, 6.45) is 1.16. The molecule has 1 aliphatic heterocycles. The summed E-state index contributed by atoms with van der Waals surface area (Å²) in [6.45, 7) is 3.49. The van der Waals surface area contributed by atoms with E-state index in [-0.39, 0.29) is 34.3 Å². The van der Waals surface area contributed by atoms with E-state index in [4.69, 9.17) is 16.3 Å². The molecule has 1 saturated heterocycles. The summed E-state index contributed by atoms with van der Waals surface area (Å²) in [6, 6.07) is 13.6. The minimum atomic E-state index is -1.06. The predicted molar refractivity (Wildman–Crippen MR) is 144 cm³/mol. The molecule has 1 aliphatic rings. The van der Waals surface area contributed by atoms with Crippen LogP contribution in [0.25, 0.3) is 6.08 Å². The maximum Gasteiger partial charge on any atom is 0.335 e. The summed E-state index contributed by atoms with van der Waals surface area (Å²) in [7, 11) is 0. The maximum absolute atomic E-state index is 13.2. The Morgan fingerprint density at radius 2 is 1.85 bits per heavy atom. The van der Waals surface area contributed by atoms with Gasteiger partial charge in [0.15, 0.2) is 6.61 Å². The van der Waals surface area contributed by atoms with Crippen LogP contribution >= 0.6 is 11.6 Å². The Morgan fingerprint density at radius 1 is 1.08 bits per heavy atom. The van der Waals surface area contributed by atoms with E-state index >= 15 is 0 Å². The Kier molecular flexibility index (Phi) is 7.73. The summed E-state index contributed by atoms with van der Waals surface area (Å²) < 4.78 is 5.65. The fourth-order valence-corrected chi connectivity index (χ4v) is 3.90. The largest absolute Gasteiger partial charge is 0.483 e. The fourth-order valence-electron chi connectivity index (χ4n) is 3.72. The van der Waals surface area contributed by atoms with E-state index in [1.807, 2.05) is 31.3 Å². The van der Waals surface area contributed by atoms with Crippen LogP contribution in [-0.2, 0) is 14.4 Å². The normalized spacial score (nSPS) is 14.3. The number of ether oxygens (including phenoxy) is 1. The Labute approximate surface area is 227 Å². The van der Waals surface area contributed by atoms with Crippen molar-refractivity contribution in [2.45, 2.75) is 13.8 Å². The number of aryl methyl sites for hydroxylation is 2. The highest BCUT2D eigenvalue weighted by atomic mass is 35.5. The number of barbiturate groups is 1. The third-order valence-corrected chi connectivity index (χ3v) is 6.06. The number of benzene rings is 3. The predicted octanol–water partition coefficient (Wildman–Crippen LogP) is 4.55. The highest BCUT2D eigenvalue weighted by Crippen LogP contribution is 2.29. The first kappa shape index (κ1) is 27.0. The highest BCUT2D eigenvalue weighted by Gasteiger charge is 2.37. The molecular formula is C27H21ClN4O7. The molecular weight excluding hydrogens is 528 g/mol. The van der Waals surface area contributed by atoms with E-state index < -0.39 is 34.2 Å². The number of carbonyl (C=O) groups is 4. The van der Waals surface area contributed by atoms with Crippen molar-refractivity contribution in [3.63, 3.8) is 0 Å². The molecule has 0 aromatic heterocycles. The second kappa shape index (κ2) is 11.2. The third kappa shape index (κ3) is 6.11. The van der Waals surface area contributed by atoms with E-state index in [2.05, 4.69) is 5.32 Å². The van der Waals surface area contributed by atoms with Gasteiger partial charge < -0.3 is 10.1 Å². The minimum Gasteiger partial charge on any atom is -0.483 e. The molecule has 0 bridgehead atoms. The molecule has 11 nitrogen and oxygen atoms in total. The quantitative estimate of drug-likeness (QED) is 0.190. The maximum atomic E-state index is 13.2. The van der Waals surface area contributed by atoms with E-state index in [0.29, 0.717) is 10.6 Å². The number of hydrogen-bond acceptors (Lipinski definition) is 7. The molecule has 39 heavy (non-hydrogen) atoms. The van der Waals surface area contributed by atoms with Gasteiger partial charge in [0.25, 0.3) is 23.4 Å². The molecule has 3 aromatic carbocycles. The van der Waals surface area contributed by atoms with Gasteiger partial charge in [-0.25, -0.2) is 9.69 Å². The molecule has 0 spiro atoms. The van der Waals surface area contributed by atoms with Gasteiger partial charge in [-0.15, -0.1) is 0 Å². The lowest BCUT2D eigenvalue weighted by Crippen LogP contribution is -2.54. The van der Waals surface area contributed by atoms with Crippen LogP contribution in [0.1, 0.15) is 16.7 Å². The van der Waals surface area contributed by atoms with E-state index in [1.54, 1.807) is 6.07 Å². The number of imide groups is 2. The Balaban J connectivity index is 1.59. The first-order chi connectivity index (χ1) is 18.5. The van der Waals surface area contributed by atoms with Crippen molar-refractivity contribution in [3.05, 3.63) is 98.1 Å². The average Bonchev–Trinajstić information content (AvgIpc) is 2.88. The number of nitrogens with one attached hydrogen (secondary N) is 2. The van der Waals surface area contributed by atoms with Crippen molar-refractivity contribution >= 4 is 58.5 Å². The standard InChI is InChI=1S/C27H21ClN4O7/c1-15-6-8-19(10-16(15)2)29-24(33)14-39-23-9-7-18(28)11-17(23)12-22-25(34)30-27(36)31(26(22)35)20-4-3-5-21(13-20)32(37)38/h3-13H,14H2,1-2H3,(H,29,33)(H,30,34,36)/b22-12-. The molecule has 0 unspecified atom stereocenters. The first-order valence-corrected chi connectivity index (χ1v) is 11.9. The summed E-state index contributed by atoms with van der Waals surface area (Å²) in [4.78, 5) is 61.8. The molecule has 5 amide bonds. The number of urea groups is 1. The Bertz CT molecular complexity index is 1570. The number of halogens is 1. The number of anilines is 2. The fraction of sp³-hybridized carbons (Fsp3) is 0.111. The molecule has 4 rings (SSSR count). The first-order valence-electron chi connectivity index (χ1n) is 11.5. The second-order valence-corrected chi connectivity index (χ2v) is 8.99.